The molecule has 4 N–H and O–H groups in total. The molecule has 0 amide bonds. The van der Waals surface area contributed by atoms with Crippen LogP contribution in [0, 0.1) is 0 Å². The molecule has 0 saturated carbocycles. The van der Waals surface area contributed by atoms with Gasteiger partial charge in [0.2, 0.25) is 0 Å². The predicted molar refractivity (Wildman–Crippen MR) is 123 cm³/mol. The average Bonchev–Trinajstić information content (AvgIpc) is 3.09. The number of nitrogens with zero attached hydrogens (tertiary/aromatic N) is 3. The third-order valence-electron chi connectivity index (χ3n) is 5.41. The Morgan fingerprint density at radius 1 is 1.09 bits per heavy atom. The van der Waals surface area contributed by atoms with Crippen LogP contribution in [0.3, 0.4) is 0 Å². The number of benzene rings is 1. The molecule has 4 rings (SSSR count). The summed E-state index contributed by atoms with van der Waals surface area (Å²) in [6, 6.07) is 11.7. The van der Waals surface area contributed by atoms with E-state index in [2.05, 4.69) is 9.51 Å². The first-order valence-corrected chi connectivity index (χ1v) is 12.2. The molecule has 0 bridgehead atoms. The number of aromatic nitrogens is 3. The Morgan fingerprint density at radius 3 is 2.54 bits per heavy atom. The highest BCUT2D eigenvalue weighted by atomic mass is 35.5. The monoisotopic (exact) mass is 525 g/mol. The van der Waals surface area contributed by atoms with Gasteiger partial charge in [0, 0.05) is 23.5 Å². The molecule has 1 fully saturated rings. The van der Waals surface area contributed by atoms with Crippen molar-refractivity contribution in [1.82, 2.24) is 14.1 Å². The Kier molecular flexibility index (Phi) is 7.36. The fraction of sp³-hybridized carbons (Fsp3) is 0.286. The molecule has 2 unspecified atom stereocenters. The lowest BCUT2D eigenvalue weighted by Gasteiger charge is -2.18. The minimum Gasteiger partial charge on any atom is -0.387 e. The molecule has 1 aliphatic rings. The summed E-state index contributed by atoms with van der Waals surface area (Å²) >= 11 is 6.06. The standard InChI is InChI=1S/C21H21ClN3O9P/c22-14-3-1-2-12(8-14)13-4-6-23-15(9-13)10-25-17(26)5-7-24(21(25)29)20-19(28)18(27)16(34-20)11-33-35(30,31)32/h1-9,16,18-20,27-28H,10-11H2,(H2,30,31,32)/t16-,18?,19?,20-/m1/s1. The number of hydrogen-bond donors (Lipinski definition) is 4. The normalized spacial score (nSPS) is 22.4. The van der Waals surface area contributed by atoms with Crippen LogP contribution in [0.25, 0.3) is 11.1 Å². The van der Waals surface area contributed by atoms with Crippen LogP contribution in [0.5, 0.6) is 0 Å². The van der Waals surface area contributed by atoms with Crippen molar-refractivity contribution in [3.05, 3.63) is 86.4 Å². The fourth-order valence-electron chi connectivity index (χ4n) is 3.71. The molecule has 1 aliphatic heterocycles. The van der Waals surface area contributed by atoms with Crippen molar-refractivity contribution in [1.29, 1.82) is 0 Å². The van der Waals surface area contributed by atoms with Gasteiger partial charge < -0.3 is 24.7 Å². The van der Waals surface area contributed by atoms with Crippen LogP contribution in [0.2, 0.25) is 5.02 Å². The van der Waals surface area contributed by atoms with Crippen molar-refractivity contribution in [3.63, 3.8) is 0 Å². The van der Waals surface area contributed by atoms with E-state index < -0.39 is 50.2 Å². The minimum atomic E-state index is -4.85. The SMILES string of the molecule is O=c1ccn([C@@H]2O[C@H](COP(=O)(O)O)C(O)C2O)c(=O)n1Cc1cc(-c2cccc(Cl)c2)ccn1. The lowest BCUT2D eigenvalue weighted by Crippen LogP contribution is -2.43. The molecule has 0 spiro atoms. The number of ether oxygens (including phenoxy) is 1. The van der Waals surface area contributed by atoms with Gasteiger partial charge in [-0.25, -0.2) is 9.36 Å². The van der Waals surface area contributed by atoms with Crippen LogP contribution in [-0.4, -0.2) is 59.0 Å². The maximum atomic E-state index is 13.1. The first-order chi connectivity index (χ1) is 16.5. The lowest BCUT2D eigenvalue weighted by atomic mass is 10.1. The summed E-state index contributed by atoms with van der Waals surface area (Å²) in [5.74, 6) is 0. The second kappa shape index (κ2) is 10.1. The zero-order chi connectivity index (χ0) is 25.3. The first kappa shape index (κ1) is 25.4. The molecule has 0 aliphatic carbocycles. The van der Waals surface area contributed by atoms with Crippen LogP contribution >= 0.6 is 19.4 Å². The largest absolute Gasteiger partial charge is 0.469 e. The highest BCUT2D eigenvalue weighted by Gasteiger charge is 2.45. The summed E-state index contributed by atoms with van der Waals surface area (Å²) in [5, 5.41) is 21.1. The Morgan fingerprint density at radius 2 is 1.83 bits per heavy atom. The minimum absolute atomic E-state index is 0.191. The van der Waals surface area contributed by atoms with Crippen LogP contribution in [0.4, 0.5) is 0 Å². The van der Waals surface area contributed by atoms with Crippen molar-refractivity contribution in [2.45, 2.75) is 31.1 Å². The van der Waals surface area contributed by atoms with E-state index in [4.69, 9.17) is 26.1 Å². The molecule has 3 aromatic rings. The fourth-order valence-corrected chi connectivity index (χ4v) is 4.24. The van der Waals surface area contributed by atoms with Crippen molar-refractivity contribution in [3.8, 4) is 11.1 Å². The van der Waals surface area contributed by atoms with E-state index >= 15 is 0 Å². The van der Waals surface area contributed by atoms with Gasteiger partial charge in [-0.15, -0.1) is 0 Å². The van der Waals surface area contributed by atoms with Gasteiger partial charge in [-0.1, -0.05) is 23.7 Å². The molecule has 35 heavy (non-hydrogen) atoms. The van der Waals surface area contributed by atoms with Gasteiger partial charge in [0.25, 0.3) is 5.56 Å². The molecular weight excluding hydrogens is 505 g/mol. The van der Waals surface area contributed by atoms with E-state index in [0.29, 0.717) is 10.7 Å². The number of aliphatic hydroxyl groups excluding tert-OH is 2. The van der Waals surface area contributed by atoms with Gasteiger partial charge in [0.05, 0.1) is 18.8 Å². The summed E-state index contributed by atoms with van der Waals surface area (Å²) in [4.78, 5) is 47.5. The van der Waals surface area contributed by atoms with E-state index in [9.17, 15) is 24.4 Å². The number of rotatable bonds is 7. The van der Waals surface area contributed by atoms with Gasteiger partial charge in [-0.3, -0.25) is 23.4 Å². The maximum Gasteiger partial charge on any atom is 0.469 e. The smallest absolute Gasteiger partial charge is 0.387 e. The van der Waals surface area contributed by atoms with Crippen LogP contribution in [-0.2, 0) is 20.4 Å². The van der Waals surface area contributed by atoms with Gasteiger partial charge in [0.15, 0.2) is 6.23 Å². The Bertz CT molecular complexity index is 1390. The molecule has 2 aromatic heterocycles. The third kappa shape index (κ3) is 5.77. The van der Waals surface area contributed by atoms with E-state index in [0.717, 1.165) is 32.5 Å². The number of phosphoric ester groups is 1. The summed E-state index contributed by atoms with van der Waals surface area (Å²) in [7, 11) is -4.85. The summed E-state index contributed by atoms with van der Waals surface area (Å²) < 4.78 is 22.5. The van der Waals surface area contributed by atoms with E-state index in [1.807, 2.05) is 6.07 Å². The number of aliphatic hydroxyl groups is 2. The Hall–Kier alpha value is -2.67. The highest BCUT2D eigenvalue weighted by Crippen LogP contribution is 2.38. The van der Waals surface area contributed by atoms with Crippen molar-refractivity contribution >= 4 is 19.4 Å². The van der Waals surface area contributed by atoms with Crippen LogP contribution in [0.1, 0.15) is 11.9 Å². The third-order valence-corrected chi connectivity index (χ3v) is 6.13. The number of phosphoric acid groups is 1. The maximum absolute atomic E-state index is 13.1. The van der Waals surface area contributed by atoms with Crippen LogP contribution < -0.4 is 11.2 Å². The van der Waals surface area contributed by atoms with E-state index in [-0.39, 0.29) is 6.54 Å². The lowest BCUT2D eigenvalue weighted by molar-refractivity contribution is -0.0548. The molecule has 1 aromatic carbocycles. The van der Waals surface area contributed by atoms with Gasteiger partial charge in [-0.2, -0.15) is 0 Å². The molecule has 0 radical (unpaired) electrons. The van der Waals surface area contributed by atoms with Gasteiger partial charge >= 0.3 is 13.5 Å². The van der Waals surface area contributed by atoms with E-state index in [1.165, 1.54) is 6.20 Å². The molecule has 12 nitrogen and oxygen atoms in total. The zero-order valence-electron chi connectivity index (χ0n) is 17.9. The van der Waals surface area contributed by atoms with Gasteiger partial charge in [-0.05, 0) is 35.4 Å². The number of hydrogen-bond acceptors (Lipinski definition) is 8. The number of pyridine rings is 1. The molecular formula is C21H21ClN3O9P. The Balaban J connectivity index is 1.61. The molecule has 3 heterocycles. The summed E-state index contributed by atoms with van der Waals surface area (Å²) in [6.07, 6.45) is -3.36. The second-order valence-corrected chi connectivity index (χ2v) is 9.48. The summed E-state index contributed by atoms with van der Waals surface area (Å²) in [6.45, 7) is -0.920. The predicted octanol–water partition coefficient (Wildman–Crippen LogP) is 0.502. The zero-order valence-corrected chi connectivity index (χ0v) is 19.6. The first-order valence-electron chi connectivity index (χ1n) is 10.3. The second-order valence-electron chi connectivity index (χ2n) is 7.81. The molecule has 1 saturated heterocycles. The van der Waals surface area contributed by atoms with Crippen LogP contribution in [0.15, 0.2) is 64.4 Å². The quantitative estimate of drug-likeness (QED) is 0.318. The highest BCUT2D eigenvalue weighted by molar-refractivity contribution is 7.46. The average molecular weight is 526 g/mol. The molecule has 186 valence electrons. The Labute approximate surface area is 202 Å². The van der Waals surface area contributed by atoms with Gasteiger partial charge in [0.1, 0.15) is 18.3 Å². The van der Waals surface area contributed by atoms with Crippen molar-refractivity contribution in [2.24, 2.45) is 0 Å². The summed E-state index contributed by atoms with van der Waals surface area (Å²) in [5.41, 5.74) is 0.516. The molecule has 4 atom stereocenters. The van der Waals surface area contributed by atoms with Crippen molar-refractivity contribution in [2.75, 3.05) is 6.61 Å². The molecule has 14 heteroatoms. The van der Waals surface area contributed by atoms with Crippen molar-refractivity contribution < 1.29 is 33.8 Å². The topological polar surface area (TPSA) is 173 Å². The number of halogens is 1. The van der Waals surface area contributed by atoms with E-state index in [1.54, 1.807) is 30.3 Å².